The normalized spacial score (nSPS) is 10.8. The van der Waals surface area contributed by atoms with E-state index in [-0.39, 0.29) is 18.4 Å². The number of rotatable bonds is 11. The van der Waals surface area contributed by atoms with E-state index in [1.807, 2.05) is 60.8 Å². The molecule has 7 heteroatoms. The van der Waals surface area contributed by atoms with Crippen molar-refractivity contribution in [3.8, 4) is 0 Å². The van der Waals surface area contributed by atoms with Crippen LogP contribution in [0.5, 0.6) is 0 Å². The molecule has 0 unspecified atom stereocenters. The summed E-state index contributed by atoms with van der Waals surface area (Å²) in [5, 5.41) is 1.86. The Kier molecular flexibility index (Phi) is 8.44. The maximum absolute atomic E-state index is 13.3. The summed E-state index contributed by atoms with van der Waals surface area (Å²) in [5.74, 6) is 1.26. The molecule has 2 heterocycles. The van der Waals surface area contributed by atoms with Gasteiger partial charge in [-0.1, -0.05) is 36.4 Å². The topological polar surface area (TPSA) is 63.0 Å². The highest BCUT2D eigenvalue weighted by atomic mass is 32.1. The van der Waals surface area contributed by atoms with Crippen LogP contribution in [0.3, 0.4) is 0 Å². The lowest BCUT2D eigenvalue weighted by Gasteiger charge is -2.27. The largest absolute Gasteiger partial charge is 0.464 e. The predicted molar refractivity (Wildman–Crippen MR) is 121 cm³/mol. The first-order chi connectivity index (χ1) is 15.1. The van der Waals surface area contributed by atoms with E-state index >= 15 is 0 Å². The Morgan fingerprint density at radius 1 is 1.00 bits per heavy atom. The Morgan fingerprint density at radius 2 is 1.81 bits per heavy atom. The minimum absolute atomic E-state index is 0.00538. The number of amides is 2. The van der Waals surface area contributed by atoms with Gasteiger partial charge in [0.2, 0.25) is 5.91 Å². The zero-order chi connectivity index (χ0) is 22.1. The molecule has 3 aromatic rings. The average molecular weight is 441 g/mol. The fourth-order valence-electron chi connectivity index (χ4n) is 3.23. The summed E-state index contributed by atoms with van der Waals surface area (Å²) in [4.78, 5) is 30.1. The quantitative estimate of drug-likeness (QED) is 0.452. The van der Waals surface area contributed by atoms with Gasteiger partial charge in [0.25, 0.3) is 5.91 Å². The van der Waals surface area contributed by atoms with Crippen molar-refractivity contribution in [1.29, 1.82) is 0 Å². The van der Waals surface area contributed by atoms with E-state index in [1.165, 1.54) is 11.3 Å². The third-order valence-corrected chi connectivity index (χ3v) is 5.78. The summed E-state index contributed by atoms with van der Waals surface area (Å²) in [5.41, 5.74) is 1.15. The number of nitrogens with zero attached hydrogens (tertiary/aromatic N) is 2. The van der Waals surface area contributed by atoms with Gasteiger partial charge in [0, 0.05) is 20.2 Å². The van der Waals surface area contributed by atoms with Crippen LogP contribution in [0.15, 0.2) is 64.4 Å². The fourth-order valence-corrected chi connectivity index (χ4v) is 3.92. The third-order valence-electron chi connectivity index (χ3n) is 4.92. The van der Waals surface area contributed by atoms with Crippen molar-refractivity contribution in [3.05, 3.63) is 81.9 Å². The third kappa shape index (κ3) is 6.80. The molecule has 164 valence electrons. The van der Waals surface area contributed by atoms with E-state index in [2.05, 4.69) is 0 Å². The lowest BCUT2D eigenvalue weighted by molar-refractivity contribution is -0.132. The zero-order valence-electron chi connectivity index (χ0n) is 18.0. The van der Waals surface area contributed by atoms with E-state index in [4.69, 9.17) is 9.15 Å². The highest BCUT2D eigenvalue weighted by Gasteiger charge is 2.23. The molecule has 2 aromatic heterocycles. The molecular formula is C24H28N2O4S. The number of carbonyl (C=O) groups excluding carboxylic acids is 2. The van der Waals surface area contributed by atoms with E-state index < -0.39 is 0 Å². The Balaban J connectivity index is 1.73. The van der Waals surface area contributed by atoms with Crippen LogP contribution in [0, 0.1) is 6.92 Å². The number of benzene rings is 1. The van der Waals surface area contributed by atoms with E-state index in [1.54, 1.807) is 23.0 Å². The number of ether oxygens (including phenoxy) is 1. The summed E-state index contributed by atoms with van der Waals surface area (Å²) >= 11 is 1.37. The Bertz CT molecular complexity index is 953. The second kappa shape index (κ2) is 11.5. The van der Waals surface area contributed by atoms with E-state index in [0.717, 1.165) is 23.5 Å². The van der Waals surface area contributed by atoms with Crippen molar-refractivity contribution in [2.24, 2.45) is 0 Å². The molecule has 0 N–H and O–H groups in total. The molecular weight excluding hydrogens is 412 g/mol. The first-order valence-corrected chi connectivity index (χ1v) is 11.1. The fraction of sp³-hybridized carbons (Fsp3) is 0.333. The van der Waals surface area contributed by atoms with Crippen molar-refractivity contribution < 1.29 is 18.7 Å². The zero-order valence-corrected chi connectivity index (χ0v) is 18.8. The molecule has 0 aliphatic heterocycles. The van der Waals surface area contributed by atoms with Gasteiger partial charge in [-0.05, 0) is 42.5 Å². The summed E-state index contributed by atoms with van der Waals surface area (Å²) in [6.07, 6.45) is 0.725. The molecule has 0 saturated heterocycles. The Hall–Kier alpha value is -2.90. The minimum atomic E-state index is -0.155. The SMILES string of the molecule is COCCN(CC(=O)N(CCc1ccccc1)Cc1ccc(C)o1)C(=O)c1cccs1. The van der Waals surface area contributed by atoms with Crippen molar-refractivity contribution in [2.45, 2.75) is 19.9 Å². The maximum atomic E-state index is 13.3. The van der Waals surface area contributed by atoms with Crippen molar-refractivity contribution >= 4 is 23.2 Å². The molecule has 0 radical (unpaired) electrons. The molecule has 6 nitrogen and oxygen atoms in total. The Morgan fingerprint density at radius 3 is 2.45 bits per heavy atom. The summed E-state index contributed by atoms with van der Waals surface area (Å²) in [7, 11) is 1.58. The summed E-state index contributed by atoms with van der Waals surface area (Å²) in [6, 6.07) is 17.4. The van der Waals surface area contributed by atoms with Crippen LogP contribution in [0.2, 0.25) is 0 Å². The van der Waals surface area contributed by atoms with E-state index in [0.29, 0.717) is 31.1 Å². The van der Waals surface area contributed by atoms with Crippen molar-refractivity contribution in [2.75, 3.05) is 33.4 Å². The summed E-state index contributed by atoms with van der Waals surface area (Å²) in [6.45, 7) is 3.50. The molecule has 0 aliphatic carbocycles. The van der Waals surface area contributed by atoms with Gasteiger partial charge < -0.3 is 19.0 Å². The standard InChI is InChI=1S/C24H28N2O4S/c1-19-10-11-21(30-19)17-25(13-12-20-7-4-3-5-8-20)23(27)18-26(14-15-29-2)24(28)22-9-6-16-31-22/h3-11,16H,12-15,17-18H2,1-2H3. The van der Waals surface area contributed by atoms with Gasteiger partial charge >= 0.3 is 0 Å². The van der Waals surface area contributed by atoms with Gasteiger partial charge in [0.05, 0.1) is 18.0 Å². The van der Waals surface area contributed by atoms with Crippen LogP contribution in [-0.4, -0.2) is 55.0 Å². The number of methoxy groups -OCH3 is 1. The van der Waals surface area contributed by atoms with Gasteiger partial charge in [-0.2, -0.15) is 0 Å². The van der Waals surface area contributed by atoms with Crippen LogP contribution in [0.1, 0.15) is 26.8 Å². The second-order valence-electron chi connectivity index (χ2n) is 7.26. The second-order valence-corrected chi connectivity index (χ2v) is 8.21. The molecule has 3 rings (SSSR count). The van der Waals surface area contributed by atoms with Gasteiger partial charge in [-0.15, -0.1) is 11.3 Å². The molecule has 0 saturated carbocycles. The Labute approximate surface area is 187 Å². The van der Waals surface area contributed by atoms with Gasteiger partial charge in [-0.25, -0.2) is 0 Å². The molecule has 0 bridgehead atoms. The van der Waals surface area contributed by atoms with Gasteiger partial charge in [-0.3, -0.25) is 9.59 Å². The highest BCUT2D eigenvalue weighted by molar-refractivity contribution is 7.12. The number of hydrogen-bond donors (Lipinski definition) is 0. The van der Waals surface area contributed by atoms with Crippen LogP contribution in [0.4, 0.5) is 0 Å². The lowest BCUT2D eigenvalue weighted by Crippen LogP contribution is -2.44. The van der Waals surface area contributed by atoms with E-state index in [9.17, 15) is 9.59 Å². The summed E-state index contributed by atoms with van der Waals surface area (Å²) < 4.78 is 10.9. The molecule has 0 spiro atoms. The number of carbonyl (C=O) groups is 2. The molecule has 1 aromatic carbocycles. The van der Waals surface area contributed by atoms with Crippen LogP contribution in [-0.2, 0) is 22.5 Å². The molecule has 0 aliphatic rings. The number of thiophene rings is 1. The number of aryl methyl sites for hydroxylation is 1. The number of hydrogen-bond acceptors (Lipinski definition) is 5. The van der Waals surface area contributed by atoms with Gasteiger partial charge in [0.1, 0.15) is 18.1 Å². The smallest absolute Gasteiger partial charge is 0.264 e. The minimum Gasteiger partial charge on any atom is -0.464 e. The lowest BCUT2D eigenvalue weighted by atomic mass is 10.1. The van der Waals surface area contributed by atoms with Crippen LogP contribution in [0.25, 0.3) is 0 Å². The maximum Gasteiger partial charge on any atom is 0.264 e. The average Bonchev–Trinajstić information content (AvgIpc) is 3.46. The number of furan rings is 1. The van der Waals surface area contributed by atoms with Crippen molar-refractivity contribution in [3.63, 3.8) is 0 Å². The first-order valence-electron chi connectivity index (χ1n) is 10.3. The van der Waals surface area contributed by atoms with Crippen LogP contribution >= 0.6 is 11.3 Å². The van der Waals surface area contributed by atoms with Crippen LogP contribution < -0.4 is 0 Å². The van der Waals surface area contributed by atoms with Crippen molar-refractivity contribution in [1.82, 2.24) is 9.80 Å². The molecule has 31 heavy (non-hydrogen) atoms. The predicted octanol–water partition coefficient (Wildman–Crippen LogP) is 4.01. The monoisotopic (exact) mass is 440 g/mol. The molecule has 0 fully saturated rings. The van der Waals surface area contributed by atoms with Gasteiger partial charge in [0.15, 0.2) is 0 Å². The molecule has 0 atom stereocenters. The first kappa shape index (κ1) is 22.8. The highest BCUT2D eigenvalue weighted by Crippen LogP contribution is 2.14. The molecule has 2 amide bonds.